The van der Waals surface area contributed by atoms with E-state index >= 15 is 0 Å². The molecule has 105 heavy (non-hydrogen) atoms. The lowest BCUT2D eigenvalue weighted by Crippen LogP contribution is -2.50. The van der Waals surface area contributed by atoms with Gasteiger partial charge < -0.3 is 46.1 Å². The Kier molecular flexibility index (Phi) is 31.2. The number of amides is 6. The smallest absolute Gasteiger partial charge is 0.408 e. The van der Waals surface area contributed by atoms with Gasteiger partial charge in [0.25, 0.3) is 17.1 Å². The summed E-state index contributed by atoms with van der Waals surface area (Å²) < 4.78 is 14.8. The number of aromatic nitrogens is 3. The summed E-state index contributed by atoms with van der Waals surface area (Å²) in [5.74, 6) is -1.14. The Morgan fingerprint density at radius 3 is 0.848 bits per heavy atom. The first-order valence-electron chi connectivity index (χ1n) is 33.6. The van der Waals surface area contributed by atoms with E-state index in [1.54, 1.807) is 57.2 Å². The number of non-ortho nitro benzene ring substituents is 3. The van der Waals surface area contributed by atoms with Gasteiger partial charge in [0.15, 0.2) is 0 Å². The third kappa shape index (κ3) is 26.8. The molecule has 9 aromatic rings. The molecule has 3 aromatic heterocycles. The van der Waals surface area contributed by atoms with Gasteiger partial charge in [0.1, 0.15) is 38.7 Å². The van der Waals surface area contributed by atoms with E-state index in [2.05, 4.69) is 46.9 Å². The lowest BCUT2D eigenvalue weighted by molar-refractivity contribution is -0.385. The van der Waals surface area contributed by atoms with Crippen LogP contribution in [0, 0.1) is 30.3 Å². The molecule has 0 aliphatic carbocycles. The number of aryl methyl sites for hydroxylation is 3. The fraction of sp³-hybridized carbons (Fsp3) is 0.320. The standard InChI is InChI=1S/C27H32N4O5S.2C24H26N4O5S/c1-5-20-17-37-25(28-20)23(16-19-11-13-21(14-12-19)31(34)35)29-24(32)22(15-18-9-7-6-8-10-18)30-26(33)36-27(2,3)4;2*1-3-18-15-34-23(25-18)21(14-17-9-11-19(12-10-17)28(31)32)26-22(29)20(27-24(30)33-2)13-16-7-5-4-6-8-16/h6-14,17,22-23H,5,15-16H2,1-4H3,(H,29,32)(H,30,33);2*4-12,15,20-21H,3,13-14H2,1-2H3,(H,26,29)(H,27,30)/t22-,23-;2*20-,21-/m000/s1. The summed E-state index contributed by atoms with van der Waals surface area (Å²) in [5, 5.41) is 58.0. The van der Waals surface area contributed by atoms with Crippen LogP contribution in [0.1, 0.15) is 125 Å². The first-order valence-corrected chi connectivity index (χ1v) is 36.2. The predicted octanol–water partition coefficient (Wildman–Crippen LogP) is 13.1. The summed E-state index contributed by atoms with van der Waals surface area (Å²) in [6.45, 7) is 11.3. The summed E-state index contributed by atoms with van der Waals surface area (Å²) >= 11 is 4.32. The van der Waals surface area contributed by atoms with Crippen molar-refractivity contribution >= 4 is 87.1 Å². The van der Waals surface area contributed by atoms with Crippen LogP contribution in [0.3, 0.4) is 0 Å². The lowest BCUT2D eigenvalue weighted by Gasteiger charge is -2.25. The molecule has 30 heteroatoms. The maximum atomic E-state index is 13.5. The topological polar surface area (TPSA) is 370 Å². The summed E-state index contributed by atoms with van der Waals surface area (Å²) in [4.78, 5) is 122. The first-order chi connectivity index (χ1) is 50.3. The van der Waals surface area contributed by atoms with Crippen molar-refractivity contribution in [2.24, 2.45) is 0 Å². The molecule has 552 valence electrons. The fourth-order valence-corrected chi connectivity index (χ4v) is 13.2. The van der Waals surface area contributed by atoms with Crippen molar-refractivity contribution in [3.63, 3.8) is 0 Å². The number of nitrogens with one attached hydrogen (secondary N) is 6. The van der Waals surface area contributed by atoms with Gasteiger partial charge in [0, 0.05) is 71.8 Å². The van der Waals surface area contributed by atoms with Crippen LogP contribution in [0.5, 0.6) is 0 Å². The molecule has 9 rings (SSSR count). The molecule has 0 fully saturated rings. The first kappa shape index (κ1) is 80.9. The zero-order chi connectivity index (χ0) is 76.0. The van der Waals surface area contributed by atoms with Gasteiger partial charge in [-0.3, -0.25) is 44.7 Å². The van der Waals surface area contributed by atoms with Gasteiger partial charge in [0.2, 0.25) is 17.7 Å². The Morgan fingerprint density at radius 2 is 0.629 bits per heavy atom. The lowest BCUT2D eigenvalue weighted by atomic mass is 10.0. The number of nitrogens with zero attached hydrogens (tertiary/aromatic N) is 6. The number of nitro groups is 3. The maximum Gasteiger partial charge on any atom is 0.408 e. The molecule has 0 radical (unpaired) electrons. The van der Waals surface area contributed by atoms with Gasteiger partial charge in [-0.25, -0.2) is 29.3 Å². The molecule has 6 N–H and O–H groups in total. The van der Waals surface area contributed by atoms with Crippen molar-refractivity contribution in [2.75, 3.05) is 14.2 Å². The van der Waals surface area contributed by atoms with Crippen LogP contribution in [0.25, 0.3) is 0 Å². The average molecular weight is 1490 g/mol. The normalized spacial score (nSPS) is 12.6. The van der Waals surface area contributed by atoms with E-state index < -0.39 is 74.9 Å². The molecule has 0 aliphatic rings. The number of ether oxygens (including phenoxy) is 3. The maximum absolute atomic E-state index is 13.5. The van der Waals surface area contributed by atoms with E-state index in [1.165, 1.54) is 84.6 Å². The number of nitro benzene ring substituents is 3. The van der Waals surface area contributed by atoms with Crippen molar-refractivity contribution in [3.8, 4) is 0 Å². The van der Waals surface area contributed by atoms with Crippen LogP contribution in [0.2, 0.25) is 0 Å². The Bertz CT molecular complexity index is 4130. The zero-order valence-corrected chi connectivity index (χ0v) is 61.6. The summed E-state index contributed by atoms with van der Waals surface area (Å²) in [5.41, 5.74) is 7.09. The second-order valence-electron chi connectivity index (χ2n) is 24.8. The summed E-state index contributed by atoms with van der Waals surface area (Å²) in [6.07, 6.45) is 2.17. The largest absolute Gasteiger partial charge is 0.453 e. The van der Waals surface area contributed by atoms with Crippen molar-refractivity contribution in [3.05, 3.63) is 276 Å². The van der Waals surface area contributed by atoms with E-state index in [-0.39, 0.29) is 54.0 Å². The second kappa shape index (κ2) is 40.5. The van der Waals surface area contributed by atoms with Crippen LogP contribution in [-0.4, -0.2) is 104 Å². The number of rotatable bonds is 30. The van der Waals surface area contributed by atoms with E-state index in [4.69, 9.17) is 14.2 Å². The molecule has 6 aromatic carbocycles. The molecule has 0 unspecified atom stereocenters. The molecule has 0 aliphatic heterocycles. The van der Waals surface area contributed by atoms with Gasteiger partial charge in [-0.05, 0) is 92.7 Å². The molecule has 3 heterocycles. The average Bonchev–Trinajstić information content (AvgIpc) is 1.79. The minimum atomic E-state index is -0.887. The highest BCUT2D eigenvalue weighted by molar-refractivity contribution is 7.10. The summed E-state index contributed by atoms with van der Waals surface area (Å²) in [7, 11) is 2.48. The fourth-order valence-electron chi connectivity index (χ4n) is 10.4. The third-order valence-electron chi connectivity index (χ3n) is 15.8. The molecule has 27 nitrogen and oxygen atoms in total. The Hall–Kier alpha value is -11.4. The van der Waals surface area contributed by atoms with E-state index in [0.29, 0.717) is 19.3 Å². The number of methoxy groups -OCH3 is 2. The number of carbonyl (C=O) groups is 6. The molecular weight excluding hydrogens is 1410 g/mol. The van der Waals surface area contributed by atoms with Gasteiger partial charge in [-0.1, -0.05) is 148 Å². The van der Waals surface area contributed by atoms with Gasteiger partial charge in [-0.2, -0.15) is 0 Å². The molecule has 0 saturated carbocycles. The number of alkyl carbamates (subject to hydrolysis) is 3. The van der Waals surface area contributed by atoms with Crippen molar-refractivity contribution in [2.45, 2.75) is 141 Å². The van der Waals surface area contributed by atoms with Gasteiger partial charge in [-0.15, -0.1) is 34.0 Å². The van der Waals surface area contributed by atoms with Crippen LogP contribution in [-0.2, 0) is 86.4 Å². The highest BCUT2D eigenvalue weighted by Gasteiger charge is 2.31. The van der Waals surface area contributed by atoms with Crippen LogP contribution >= 0.6 is 34.0 Å². The van der Waals surface area contributed by atoms with E-state index in [1.807, 2.05) is 128 Å². The van der Waals surface area contributed by atoms with Gasteiger partial charge >= 0.3 is 18.3 Å². The van der Waals surface area contributed by atoms with Crippen molar-refractivity contribution in [1.82, 2.24) is 46.9 Å². The second-order valence-corrected chi connectivity index (χ2v) is 27.5. The highest BCUT2D eigenvalue weighted by Crippen LogP contribution is 2.29. The quantitative estimate of drug-likeness (QED) is 0.0138. The Balaban J connectivity index is 0.000000220. The van der Waals surface area contributed by atoms with Crippen molar-refractivity contribution < 1.29 is 57.7 Å². The Labute approximate surface area is 619 Å². The van der Waals surface area contributed by atoms with Gasteiger partial charge in [0.05, 0.1) is 64.2 Å². The summed E-state index contributed by atoms with van der Waals surface area (Å²) in [6, 6.07) is 42.7. The minimum Gasteiger partial charge on any atom is -0.453 e. The SMILES string of the molecule is CCc1csc([C@H](Cc2ccc([N+](=O)[O-])cc2)NC(=O)[C@H](Cc2ccccc2)NC(=O)OC(C)(C)C)n1.CCc1csc([C@H](Cc2ccc([N+](=O)[O-])cc2)NC(=O)[C@H](Cc2ccccc2)NC(=O)OC)n1.CCc1csc([C@H](Cc2ccc([N+](=O)[O-])cc2)NC(=O)[C@H](Cc2ccccc2)NC(=O)OC)n1. The molecule has 6 amide bonds. The minimum absolute atomic E-state index is 0.00273. The predicted molar refractivity (Wildman–Crippen MR) is 400 cm³/mol. The molecule has 0 spiro atoms. The van der Waals surface area contributed by atoms with Crippen molar-refractivity contribution in [1.29, 1.82) is 0 Å². The number of carbonyl (C=O) groups excluding carboxylic acids is 6. The van der Waals surface area contributed by atoms with Crippen LogP contribution in [0.15, 0.2) is 180 Å². The van der Waals surface area contributed by atoms with E-state index in [0.717, 1.165) is 84.7 Å². The van der Waals surface area contributed by atoms with E-state index in [9.17, 15) is 59.1 Å². The number of hydrogen-bond donors (Lipinski definition) is 6. The van der Waals surface area contributed by atoms with Crippen LogP contribution in [0.4, 0.5) is 31.4 Å². The molecule has 6 atom stereocenters. The zero-order valence-electron chi connectivity index (χ0n) is 59.2. The molecule has 0 bridgehead atoms. The third-order valence-corrected chi connectivity index (χ3v) is 18.9. The molecule has 0 saturated heterocycles. The monoisotopic (exact) mass is 1490 g/mol. The van der Waals surface area contributed by atoms with Crippen LogP contribution < -0.4 is 31.9 Å². The number of hydrogen-bond acceptors (Lipinski definition) is 21. The number of benzene rings is 6. The number of thiazole rings is 3. The highest BCUT2D eigenvalue weighted by atomic mass is 32.1. The Morgan fingerprint density at radius 1 is 0.381 bits per heavy atom. The molecular formula is C75H84N12O15S3.